The van der Waals surface area contributed by atoms with Crippen LogP contribution in [-0.4, -0.2) is 55.2 Å². The van der Waals surface area contributed by atoms with Crippen LogP contribution in [-0.2, 0) is 4.79 Å². The van der Waals surface area contributed by atoms with E-state index in [1.54, 1.807) is 6.92 Å². The molecule has 1 aromatic rings. The quantitative estimate of drug-likeness (QED) is 0.818. The molecule has 1 amide bonds. The van der Waals surface area contributed by atoms with E-state index in [2.05, 4.69) is 20.3 Å². The number of hydrogen-bond acceptors (Lipinski definition) is 5. The second-order valence-corrected chi connectivity index (χ2v) is 6.09. The first-order valence-electron chi connectivity index (χ1n) is 7.65. The van der Waals surface area contributed by atoms with E-state index in [1.807, 2.05) is 24.3 Å². The van der Waals surface area contributed by atoms with Gasteiger partial charge in [0.1, 0.15) is 0 Å². The number of hydrazine groups is 1. The standard InChI is InChI=1S/C15H21N5O/c1-10(21)19-5-6-20-13-3-4-18(16-2)9-12(13)11-7-17-8-14(19)15(11)20/h7-8,12-13,16H,3-6,9H2,1-2H3. The van der Waals surface area contributed by atoms with Gasteiger partial charge in [-0.1, -0.05) is 0 Å². The number of hydrogen-bond donors (Lipinski definition) is 1. The topological polar surface area (TPSA) is 51.7 Å². The van der Waals surface area contributed by atoms with E-state index in [0.29, 0.717) is 12.0 Å². The Morgan fingerprint density at radius 1 is 1.33 bits per heavy atom. The second kappa shape index (κ2) is 4.68. The lowest BCUT2D eigenvalue weighted by Gasteiger charge is -2.41. The summed E-state index contributed by atoms with van der Waals surface area (Å²) in [6.45, 7) is 5.42. The van der Waals surface area contributed by atoms with Crippen molar-refractivity contribution in [1.29, 1.82) is 0 Å². The molecule has 2 atom stereocenters. The number of fused-ring (bicyclic) bond motifs is 3. The second-order valence-electron chi connectivity index (χ2n) is 6.09. The molecule has 6 nitrogen and oxygen atoms in total. The number of pyridine rings is 1. The van der Waals surface area contributed by atoms with E-state index in [1.165, 1.54) is 11.3 Å². The monoisotopic (exact) mass is 287 g/mol. The summed E-state index contributed by atoms with van der Waals surface area (Å²) < 4.78 is 0. The molecule has 3 aliphatic rings. The van der Waals surface area contributed by atoms with Crippen LogP contribution >= 0.6 is 0 Å². The summed E-state index contributed by atoms with van der Waals surface area (Å²) in [5.74, 6) is 0.595. The third kappa shape index (κ3) is 1.79. The predicted octanol–water partition coefficient (Wildman–Crippen LogP) is 0.560. The molecule has 0 saturated carbocycles. The van der Waals surface area contributed by atoms with Gasteiger partial charge in [0.15, 0.2) is 0 Å². The fraction of sp³-hybridized carbons (Fsp3) is 0.600. The van der Waals surface area contributed by atoms with Gasteiger partial charge in [-0.25, -0.2) is 5.01 Å². The summed E-state index contributed by atoms with van der Waals surface area (Å²) in [6, 6.07) is 0.557. The first kappa shape index (κ1) is 13.0. The molecule has 0 aliphatic carbocycles. The fourth-order valence-electron chi connectivity index (χ4n) is 4.16. The highest BCUT2D eigenvalue weighted by atomic mass is 16.2. The first-order valence-corrected chi connectivity index (χ1v) is 7.65. The summed E-state index contributed by atoms with van der Waals surface area (Å²) in [5.41, 5.74) is 6.82. The van der Waals surface area contributed by atoms with Crippen LogP contribution in [0.2, 0.25) is 0 Å². The molecular formula is C15H21N5O. The minimum absolute atomic E-state index is 0.108. The van der Waals surface area contributed by atoms with Crippen LogP contribution in [0.3, 0.4) is 0 Å². The molecule has 4 rings (SSSR count). The number of nitrogens with one attached hydrogen (secondary N) is 1. The summed E-state index contributed by atoms with van der Waals surface area (Å²) in [5, 5.41) is 2.28. The number of piperidine rings is 1. The summed E-state index contributed by atoms with van der Waals surface area (Å²) in [6.07, 6.45) is 5.00. The van der Waals surface area contributed by atoms with Crippen LogP contribution in [0, 0.1) is 0 Å². The predicted molar refractivity (Wildman–Crippen MR) is 81.4 cm³/mol. The molecule has 6 heteroatoms. The number of carbonyl (C=O) groups excluding carboxylic acids is 1. The van der Waals surface area contributed by atoms with Crippen molar-refractivity contribution in [1.82, 2.24) is 15.4 Å². The summed E-state index contributed by atoms with van der Waals surface area (Å²) in [4.78, 5) is 20.7. The maximum absolute atomic E-state index is 11.9. The Hall–Kier alpha value is -1.66. The van der Waals surface area contributed by atoms with Gasteiger partial charge in [0.25, 0.3) is 0 Å². The Labute approximate surface area is 124 Å². The molecule has 0 aromatic carbocycles. The number of carbonyl (C=O) groups is 1. The lowest BCUT2D eigenvalue weighted by atomic mass is 9.90. The highest BCUT2D eigenvalue weighted by Crippen LogP contribution is 2.49. The fourth-order valence-corrected chi connectivity index (χ4v) is 4.16. The van der Waals surface area contributed by atoms with Crippen LogP contribution in [0.5, 0.6) is 0 Å². The number of anilines is 2. The van der Waals surface area contributed by atoms with Crippen LogP contribution in [0.4, 0.5) is 11.4 Å². The van der Waals surface area contributed by atoms with Crippen molar-refractivity contribution in [3.05, 3.63) is 18.0 Å². The Morgan fingerprint density at radius 2 is 2.19 bits per heavy atom. The van der Waals surface area contributed by atoms with E-state index in [9.17, 15) is 4.79 Å². The lowest BCUT2D eigenvalue weighted by molar-refractivity contribution is -0.116. The highest BCUT2D eigenvalue weighted by Gasteiger charge is 2.45. The molecule has 0 bridgehead atoms. The number of amides is 1. The van der Waals surface area contributed by atoms with Crippen LogP contribution in [0.15, 0.2) is 12.4 Å². The van der Waals surface area contributed by atoms with E-state index in [0.717, 1.165) is 38.3 Å². The minimum Gasteiger partial charge on any atom is -0.364 e. The Morgan fingerprint density at radius 3 is 2.95 bits per heavy atom. The zero-order valence-corrected chi connectivity index (χ0v) is 12.5. The molecule has 1 aromatic heterocycles. The van der Waals surface area contributed by atoms with Crippen LogP contribution in [0.25, 0.3) is 0 Å². The van der Waals surface area contributed by atoms with E-state index >= 15 is 0 Å². The smallest absolute Gasteiger partial charge is 0.224 e. The maximum atomic E-state index is 11.9. The molecule has 1 N–H and O–H groups in total. The molecule has 4 heterocycles. The van der Waals surface area contributed by atoms with Gasteiger partial charge in [-0.3, -0.25) is 15.2 Å². The molecule has 0 radical (unpaired) electrons. The van der Waals surface area contributed by atoms with Crippen molar-refractivity contribution in [2.75, 3.05) is 43.0 Å². The number of rotatable bonds is 1. The molecule has 2 unspecified atom stereocenters. The normalized spacial score (nSPS) is 27.5. The van der Waals surface area contributed by atoms with Crippen molar-refractivity contribution in [3.8, 4) is 0 Å². The Balaban J connectivity index is 1.79. The van der Waals surface area contributed by atoms with Crippen molar-refractivity contribution < 1.29 is 4.79 Å². The molecule has 3 aliphatic heterocycles. The van der Waals surface area contributed by atoms with Crippen molar-refractivity contribution in [3.63, 3.8) is 0 Å². The van der Waals surface area contributed by atoms with E-state index in [4.69, 9.17) is 0 Å². The average Bonchev–Trinajstić information content (AvgIpc) is 2.83. The summed E-state index contributed by atoms with van der Waals surface area (Å²) in [7, 11) is 1.98. The highest BCUT2D eigenvalue weighted by molar-refractivity contribution is 5.97. The Kier molecular flexibility index (Phi) is 2.90. The van der Waals surface area contributed by atoms with Gasteiger partial charge in [-0.05, 0) is 13.5 Å². The van der Waals surface area contributed by atoms with Crippen molar-refractivity contribution in [2.45, 2.75) is 25.3 Å². The van der Waals surface area contributed by atoms with E-state index in [-0.39, 0.29) is 5.91 Å². The maximum Gasteiger partial charge on any atom is 0.224 e. The van der Waals surface area contributed by atoms with Crippen LogP contribution in [0.1, 0.15) is 24.8 Å². The zero-order chi connectivity index (χ0) is 14.6. The minimum atomic E-state index is 0.108. The largest absolute Gasteiger partial charge is 0.364 e. The van der Waals surface area contributed by atoms with Gasteiger partial charge in [-0.2, -0.15) is 0 Å². The zero-order valence-electron chi connectivity index (χ0n) is 12.5. The van der Waals surface area contributed by atoms with E-state index < -0.39 is 0 Å². The first-order chi connectivity index (χ1) is 10.2. The van der Waals surface area contributed by atoms with Gasteiger partial charge in [0, 0.05) is 56.8 Å². The van der Waals surface area contributed by atoms with Crippen molar-refractivity contribution in [2.24, 2.45) is 0 Å². The average molecular weight is 287 g/mol. The Bertz CT molecular complexity index is 589. The third-order valence-electron chi connectivity index (χ3n) is 5.14. The van der Waals surface area contributed by atoms with Gasteiger partial charge < -0.3 is 9.80 Å². The van der Waals surface area contributed by atoms with Crippen molar-refractivity contribution >= 4 is 17.3 Å². The molecule has 112 valence electrons. The number of aromatic nitrogens is 1. The van der Waals surface area contributed by atoms with Gasteiger partial charge in [0.2, 0.25) is 5.91 Å². The van der Waals surface area contributed by atoms with Gasteiger partial charge in [-0.15, -0.1) is 0 Å². The molecule has 21 heavy (non-hydrogen) atoms. The lowest BCUT2D eigenvalue weighted by Crippen LogP contribution is -2.52. The van der Waals surface area contributed by atoms with Crippen LogP contribution < -0.4 is 15.2 Å². The SMILES string of the molecule is CNN1CCC2C(C1)c1cncc3c1N2CCN3C(C)=O. The molecule has 1 fully saturated rings. The molecular weight excluding hydrogens is 266 g/mol. The summed E-state index contributed by atoms with van der Waals surface area (Å²) >= 11 is 0. The molecule has 0 spiro atoms. The van der Waals surface area contributed by atoms with Gasteiger partial charge in [0.05, 0.1) is 17.6 Å². The molecule has 1 saturated heterocycles. The number of nitrogens with zero attached hydrogens (tertiary/aromatic N) is 4. The third-order valence-corrected chi connectivity index (χ3v) is 5.14. The van der Waals surface area contributed by atoms with Gasteiger partial charge >= 0.3 is 0 Å².